The largest absolute Gasteiger partial charge is 0.381 e. The van der Waals surface area contributed by atoms with Crippen molar-refractivity contribution in [2.45, 2.75) is 44.7 Å². The van der Waals surface area contributed by atoms with Gasteiger partial charge in [-0.15, -0.1) is 0 Å². The molecule has 5 nitrogen and oxygen atoms in total. The molecule has 2 aliphatic heterocycles. The maximum absolute atomic E-state index is 5.94. The maximum Gasteiger partial charge on any atom is 0.151 e. The molecule has 0 amide bonds. The summed E-state index contributed by atoms with van der Waals surface area (Å²) in [7, 11) is 0. The zero-order valence-electron chi connectivity index (χ0n) is 10.1. The first kappa shape index (κ1) is 11.2. The summed E-state index contributed by atoms with van der Waals surface area (Å²) < 4.78 is 7.52. The van der Waals surface area contributed by atoms with Crippen LogP contribution in [-0.2, 0) is 24.1 Å². The van der Waals surface area contributed by atoms with E-state index in [2.05, 4.69) is 10.1 Å². The third-order valence-electron chi connectivity index (χ3n) is 3.67. The molecule has 2 N–H and O–H groups in total. The lowest BCUT2D eigenvalue weighted by atomic mass is 9.98. The average molecular weight is 236 g/mol. The molecule has 1 aromatic heterocycles. The van der Waals surface area contributed by atoms with Gasteiger partial charge < -0.3 is 10.5 Å². The Hall–Kier alpha value is -0.940. The molecule has 2 aliphatic rings. The van der Waals surface area contributed by atoms with Crippen molar-refractivity contribution in [2.75, 3.05) is 13.2 Å². The molecule has 1 fully saturated rings. The second-order valence-electron chi connectivity index (χ2n) is 5.21. The Morgan fingerprint density at radius 3 is 3.18 bits per heavy atom. The Balaban J connectivity index is 1.67. The number of hydrogen-bond acceptors (Lipinski definition) is 4. The van der Waals surface area contributed by atoms with Gasteiger partial charge in [-0.3, -0.25) is 0 Å². The normalized spacial score (nSPS) is 29.0. The van der Waals surface area contributed by atoms with E-state index in [-0.39, 0.29) is 6.04 Å². The van der Waals surface area contributed by atoms with Crippen LogP contribution in [0.25, 0.3) is 0 Å². The summed E-state index contributed by atoms with van der Waals surface area (Å²) >= 11 is 0. The van der Waals surface area contributed by atoms with Crippen molar-refractivity contribution in [1.82, 2.24) is 14.8 Å². The summed E-state index contributed by atoms with van der Waals surface area (Å²) in [6, 6.07) is 0.262. The monoisotopic (exact) mass is 236 g/mol. The SMILES string of the molecule is NC1CCn2nc(CC3CCCOC3)nc2C1. The van der Waals surface area contributed by atoms with Crippen LogP contribution in [0, 0.1) is 5.92 Å². The zero-order chi connectivity index (χ0) is 11.7. The lowest BCUT2D eigenvalue weighted by molar-refractivity contribution is 0.0543. The highest BCUT2D eigenvalue weighted by atomic mass is 16.5. The Kier molecular flexibility index (Phi) is 3.11. The van der Waals surface area contributed by atoms with E-state index in [1.54, 1.807) is 0 Å². The third kappa shape index (κ3) is 2.50. The van der Waals surface area contributed by atoms with Crippen LogP contribution in [0.3, 0.4) is 0 Å². The molecule has 0 radical (unpaired) electrons. The minimum Gasteiger partial charge on any atom is -0.381 e. The van der Waals surface area contributed by atoms with Gasteiger partial charge in [0.1, 0.15) is 5.82 Å². The lowest BCUT2D eigenvalue weighted by Gasteiger charge is -2.20. The van der Waals surface area contributed by atoms with Crippen LogP contribution >= 0.6 is 0 Å². The molecular weight excluding hydrogens is 216 g/mol. The highest BCUT2D eigenvalue weighted by Gasteiger charge is 2.21. The Bertz CT molecular complexity index is 384. The van der Waals surface area contributed by atoms with E-state index in [9.17, 15) is 0 Å². The van der Waals surface area contributed by atoms with Crippen LogP contribution in [0.1, 0.15) is 30.9 Å². The summed E-state index contributed by atoms with van der Waals surface area (Å²) in [5, 5.41) is 4.57. The summed E-state index contributed by atoms with van der Waals surface area (Å²) in [6.45, 7) is 2.70. The molecule has 5 heteroatoms. The van der Waals surface area contributed by atoms with E-state index in [0.29, 0.717) is 5.92 Å². The molecule has 0 bridgehead atoms. The molecule has 17 heavy (non-hydrogen) atoms. The number of aromatic nitrogens is 3. The van der Waals surface area contributed by atoms with Gasteiger partial charge in [-0.25, -0.2) is 9.67 Å². The highest BCUT2D eigenvalue weighted by molar-refractivity contribution is 4.99. The highest BCUT2D eigenvalue weighted by Crippen LogP contribution is 2.19. The maximum atomic E-state index is 5.94. The molecule has 3 heterocycles. The number of nitrogens with zero attached hydrogens (tertiary/aromatic N) is 3. The fourth-order valence-corrected chi connectivity index (χ4v) is 2.69. The van der Waals surface area contributed by atoms with Crippen LogP contribution in [0.2, 0.25) is 0 Å². The standard InChI is InChI=1S/C12H20N4O/c13-10-3-4-16-12(7-10)14-11(15-16)6-9-2-1-5-17-8-9/h9-10H,1-8,13H2. The predicted molar refractivity (Wildman–Crippen MR) is 63.6 cm³/mol. The van der Waals surface area contributed by atoms with Crippen molar-refractivity contribution in [2.24, 2.45) is 11.7 Å². The summed E-state index contributed by atoms with van der Waals surface area (Å²) in [5.74, 6) is 2.64. The van der Waals surface area contributed by atoms with Crippen molar-refractivity contribution in [3.05, 3.63) is 11.6 Å². The number of rotatable bonds is 2. The Labute approximate surface area is 101 Å². The molecule has 1 aromatic rings. The Morgan fingerprint density at radius 1 is 1.41 bits per heavy atom. The topological polar surface area (TPSA) is 66.0 Å². The molecule has 0 aromatic carbocycles. The van der Waals surface area contributed by atoms with Crippen LogP contribution in [-0.4, -0.2) is 34.0 Å². The molecule has 0 spiro atoms. The number of fused-ring (bicyclic) bond motifs is 1. The van der Waals surface area contributed by atoms with Crippen molar-refractivity contribution >= 4 is 0 Å². The van der Waals surface area contributed by atoms with Crippen LogP contribution in [0.4, 0.5) is 0 Å². The minimum absolute atomic E-state index is 0.262. The quantitative estimate of drug-likeness (QED) is 0.813. The summed E-state index contributed by atoms with van der Waals surface area (Å²) in [5.41, 5.74) is 5.94. The molecule has 94 valence electrons. The molecule has 0 saturated carbocycles. The number of aryl methyl sites for hydroxylation is 1. The minimum atomic E-state index is 0.262. The van der Waals surface area contributed by atoms with E-state index in [1.165, 1.54) is 12.8 Å². The van der Waals surface area contributed by atoms with Gasteiger partial charge in [0, 0.05) is 38.6 Å². The van der Waals surface area contributed by atoms with Crippen molar-refractivity contribution < 1.29 is 4.74 Å². The molecule has 1 saturated heterocycles. The first-order chi connectivity index (χ1) is 8.31. The van der Waals surface area contributed by atoms with Crippen molar-refractivity contribution in [3.8, 4) is 0 Å². The van der Waals surface area contributed by atoms with E-state index in [0.717, 1.165) is 50.7 Å². The summed E-state index contributed by atoms with van der Waals surface area (Å²) in [4.78, 5) is 4.61. The molecule has 3 rings (SSSR count). The van der Waals surface area contributed by atoms with Crippen molar-refractivity contribution in [3.63, 3.8) is 0 Å². The number of hydrogen-bond donors (Lipinski definition) is 1. The average Bonchev–Trinajstić information content (AvgIpc) is 2.71. The van der Waals surface area contributed by atoms with Crippen LogP contribution in [0.5, 0.6) is 0 Å². The van der Waals surface area contributed by atoms with E-state index in [1.807, 2.05) is 4.68 Å². The van der Waals surface area contributed by atoms with Crippen LogP contribution in [0.15, 0.2) is 0 Å². The molecule has 2 atom stereocenters. The van der Waals surface area contributed by atoms with Gasteiger partial charge in [-0.05, 0) is 25.2 Å². The molecule has 0 aliphatic carbocycles. The zero-order valence-corrected chi connectivity index (χ0v) is 10.1. The number of nitrogens with two attached hydrogens (primary N) is 1. The van der Waals surface area contributed by atoms with Crippen LogP contribution < -0.4 is 5.73 Å². The Morgan fingerprint density at radius 2 is 2.35 bits per heavy atom. The molecular formula is C12H20N4O. The van der Waals surface area contributed by atoms with Crippen molar-refractivity contribution in [1.29, 1.82) is 0 Å². The fourth-order valence-electron chi connectivity index (χ4n) is 2.69. The van der Waals surface area contributed by atoms with Gasteiger partial charge in [0.15, 0.2) is 5.82 Å². The van der Waals surface area contributed by atoms with Gasteiger partial charge in [0.25, 0.3) is 0 Å². The first-order valence-corrected chi connectivity index (χ1v) is 6.57. The third-order valence-corrected chi connectivity index (χ3v) is 3.67. The van der Waals surface area contributed by atoms with E-state index < -0.39 is 0 Å². The van der Waals surface area contributed by atoms with E-state index >= 15 is 0 Å². The van der Waals surface area contributed by atoms with E-state index in [4.69, 9.17) is 10.5 Å². The lowest BCUT2D eigenvalue weighted by Crippen LogP contribution is -2.31. The van der Waals surface area contributed by atoms with Gasteiger partial charge >= 0.3 is 0 Å². The smallest absolute Gasteiger partial charge is 0.151 e. The fraction of sp³-hybridized carbons (Fsp3) is 0.833. The first-order valence-electron chi connectivity index (χ1n) is 6.57. The molecule has 2 unspecified atom stereocenters. The van der Waals surface area contributed by atoms with Gasteiger partial charge in [0.2, 0.25) is 0 Å². The second kappa shape index (κ2) is 4.74. The predicted octanol–water partition coefficient (Wildman–Crippen LogP) is 0.521. The van der Waals surface area contributed by atoms with Gasteiger partial charge in [-0.1, -0.05) is 0 Å². The van der Waals surface area contributed by atoms with Gasteiger partial charge in [-0.2, -0.15) is 5.10 Å². The number of ether oxygens (including phenoxy) is 1. The summed E-state index contributed by atoms with van der Waals surface area (Å²) in [6.07, 6.45) is 5.25. The van der Waals surface area contributed by atoms with Gasteiger partial charge in [0.05, 0.1) is 0 Å². The second-order valence-corrected chi connectivity index (χ2v) is 5.21.